The van der Waals surface area contributed by atoms with Crippen molar-refractivity contribution in [2.75, 3.05) is 21.3 Å². The summed E-state index contributed by atoms with van der Waals surface area (Å²) in [5.74, 6) is 0.864. The smallest absolute Gasteiger partial charge is 0.391 e. The van der Waals surface area contributed by atoms with Gasteiger partial charge in [-0.3, -0.25) is 0 Å². The van der Waals surface area contributed by atoms with E-state index >= 15 is 0 Å². The van der Waals surface area contributed by atoms with Crippen LogP contribution < -0.4 is 0 Å². The lowest BCUT2D eigenvalue weighted by Crippen LogP contribution is -2.46. The topological polar surface area (TPSA) is 65.7 Å². The van der Waals surface area contributed by atoms with Gasteiger partial charge >= 0.3 is 8.80 Å². The number of aliphatic hydroxyl groups excluding tert-OH is 1. The average Bonchev–Trinajstić information content (AvgIpc) is 2.72. The van der Waals surface area contributed by atoms with Gasteiger partial charge in [-0.1, -0.05) is 0 Å². The summed E-state index contributed by atoms with van der Waals surface area (Å²) in [6.45, 7) is 2.34. The van der Waals surface area contributed by atoms with Gasteiger partial charge in [0.25, 0.3) is 0 Å². The Morgan fingerprint density at radius 1 is 1.35 bits per heavy atom. The van der Waals surface area contributed by atoms with Crippen LogP contribution in [-0.4, -0.2) is 50.9 Å². The van der Waals surface area contributed by atoms with Gasteiger partial charge in [0.05, 0.1) is 6.10 Å². The van der Waals surface area contributed by atoms with Crippen LogP contribution in [0.1, 0.15) is 5.82 Å². The fourth-order valence-corrected chi connectivity index (χ4v) is 3.38. The molecule has 0 fully saturated rings. The second kappa shape index (κ2) is 6.27. The summed E-state index contributed by atoms with van der Waals surface area (Å²) in [4.78, 5) is 4.10. The molecule has 0 radical (unpaired) electrons. The third-order valence-corrected chi connectivity index (χ3v) is 5.59. The summed E-state index contributed by atoms with van der Waals surface area (Å²) >= 11 is 0. The Labute approximate surface area is 103 Å². The Morgan fingerprint density at radius 2 is 1.94 bits per heavy atom. The molecule has 98 valence electrons. The molecule has 1 unspecified atom stereocenters. The first-order valence-corrected chi connectivity index (χ1v) is 7.31. The molecule has 1 aromatic rings. The predicted molar refractivity (Wildman–Crippen MR) is 64.6 cm³/mol. The Morgan fingerprint density at radius 3 is 2.35 bits per heavy atom. The van der Waals surface area contributed by atoms with Crippen molar-refractivity contribution in [3.05, 3.63) is 18.2 Å². The third-order valence-electron chi connectivity index (χ3n) is 2.75. The fraction of sp³-hybridized carbons (Fsp3) is 0.700. The highest BCUT2D eigenvalue weighted by molar-refractivity contribution is 6.60. The van der Waals surface area contributed by atoms with Crippen molar-refractivity contribution in [1.29, 1.82) is 0 Å². The maximum atomic E-state index is 10.0. The number of aliphatic hydroxyl groups is 1. The lowest BCUT2D eigenvalue weighted by Gasteiger charge is -2.26. The van der Waals surface area contributed by atoms with Crippen LogP contribution in [0, 0.1) is 6.92 Å². The summed E-state index contributed by atoms with van der Waals surface area (Å²) < 4.78 is 17.7. The van der Waals surface area contributed by atoms with Gasteiger partial charge in [-0.05, 0) is 6.92 Å². The van der Waals surface area contributed by atoms with Gasteiger partial charge in [-0.25, -0.2) is 4.98 Å². The normalized spacial score (nSPS) is 13.9. The SMILES string of the molecule is CO[Si](CC(O)Cn1ccnc1C)(OC)OC. The summed E-state index contributed by atoms with van der Waals surface area (Å²) in [5, 5.41) is 10.0. The Hall–Kier alpha value is -0.733. The fourth-order valence-electron chi connectivity index (χ4n) is 1.68. The van der Waals surface area contributed by atoms with Crippen LogP contribution in [0.3, 0.4) is 0 Å². The molecule has 0 amide bonds. The summed E-state index contributed by atoms with van der Waals surface area (Å²) in [6, 6.07) is 0.355. The number of imidazole rings is 1. The standard InChI is InChI=1S/C10H20N2O4Si/c1-9-11-5-6-12(9)7-10(13)8-17(14-2,15-3)16-4/h5-6,10,13H,7-8H2,1-4H3. The summed E-state index contributed by atoms with van der Waals surface area (Å²) in [7, 11) is 1.89. The summed E-state index contributed by atoms with van der Waals surface area (Å²) in [5.41, 5.74) is 0. The van der Waals surface area contributed by atoms with Crippen molar-refractivity contribution in [2.24, 2.45) is 0 Å². The van der Waals surface area contributed by atoms with Crippen LogP contribution >= 0.6 is 0 Å². The van der Waals surface area contributed by atoms with Crippen molar-refractivity contribution in [2.45, 2.75) is 25.6 Å². The highest BCUT2D eigenvalue weighted by atomic mass is 28.4. The highest BCUT2D eigenvalue weighted by Crippen LogP contribution is 2.16. The van der Waals surface area contributed by atoms with Crippen molar-refractivity contribution < 1.29 is 18.4 Å². The third kappa shape index (κ3) is 3.61. The van der Waals surface area contributed by atoms with Gasteiger partial charge in [0.2, 0.25) is 0 Å². The number of hydrogen-bond acceptors (Lipinski definition) is 5. The lowest BCUT2D eigenvalue weighted by atomic mass is 10.4. The van der Waals surface area contributed by atoms with E-state index < -0.39 is 14.9 Å². The van der Waals surface area contributed by atoms with Crippen LogP contribution in [0.5, 0.6) is 0 Å². The maximum Gasteiger partial charge on any atom is 0.502 e. The van der Waals surface area contributed by atoms with Gasteiger partial charge in [0.1, 0.15) is 5.82 Å². The molecule has 17 heavy (non-hydrogen) atoms. The summed E-state index contributed by atoms with van der Waals surface area (Å²) in [6.07, 6.45) is 2.94. The molecule has 7 heteroatoms. The zero-order valence-corrected chi connectivity index (χ0v) is 11.7. The average molecular weight is 260 g/mol. The van der Waals surface area contributed by atoms with Gasteiger partial charge in [-0.2, -0.15) is 0 Å². The predicted octanol–water partition coefficient (Wildman–Crippen LogP) is 0.431. The Kier molecular flexibility index (Phi) is 5.28. The minimum atomic E-state index is -2.72. The minimum Gasteiger partial charge on any atom is -0.391 e. The van der Waals surface area contributed by atoms with Crippen LogP contribution in [0.4, 0.5) is 0 Å². The van der Waals surface area contributed by atoms with E-state index in [0.717, 1.165) is 5.82 Å². The zero-order chi connectivity index (χ0) is 12.9. The minimum absolute atomic E-state index is 0.355. The van der Waals surface area contributed by atoms with Crippen LogP contribution in [0.2, 0.25) is 6.04 Å². The molecule has 1 atom stereocenters. The largest absolute Gasteiger partial charge is 0.502 e. The first-order valence-electron chi connectivity index (χ1n) is 5.38. The van der Waals surface area contributed by atoms with E-state index in [1.165, 1.54) is 21.3 Å². The van der Waals surface area contributed by atoms with Gasteiger partial charge in [0.15, 0.2) is 0 Å². The number of nitrogens with zero attached hydrogens (tertiary/aromatic N) is 2. The quantitative estimate of drug-likeness (QED) is 0.720. The van der Waals surface area contributed by atoms with E-state index in [0.29, 0.717) is 12.6 Å². The maximum absolute atomic E-state index is 10.0. The van der Waals surface area contributed by atoms with Crippen molar-refractivity contribution in [1.82, 2.24) is 9.55 Å². The second-order valence-corrected chi connectivity index (χ2v) is 6.78. The van der Waals surface area contributed by atoms with Gasteiger partial charge in [0, 0.05) is 46.3 Å². The van der Waals surface area contributed by atoms with E-state index in [2.05, 4.69) is 4.98 Å². The molecule has 0 aliphatic rings. The Bertz CT molecular complexity index is 333. The van der Waals surface area contributed by atoms with Crippen molar-refractivity contribution in [3.63, 3.8) is 0 Å². The number of aromatic nitrogens is 2. The zero-order valence-electron chi connectivity index (χ0n) is 10.7. The molecule has 1 rings (SSSR count). The first kappa shape index (κ1) is 14.3. The van der Waals surface area contributed by atoms with E-state index in [1.807, 2.05) is 17.7 Å². The number of aryl methyl sites for hydroxylation is 1. The molecule has 0 aliphatic heterocycles. The monoisotopic (exact) mass is 260 g/mol. The molecule has 0 bridgehead atoms. The van der Waals surface area contributed by atoms with Crippen molar-refractivity contribution in [3.8, 4) is 0 Å². The van der Waals surface area contributed by atoms with Crippen LogP contribution in [0.15, 0.2) is 12.4 Å². The molecule has 1 N–H and O–H groups in total. The van der Waals surface area contributed by atoms with Gasteiger partial charge in [-0.15, -0.1) is 0 Å². The molecular formula is C10H20N2O4Si. The van der Waals surface area contributed by atoms with Crippen LogP contribution in [0.25, 0.3) is 0 Å². The number of rotatable bonds is 7. The van der Waals surface area contributed by atoms with E-state index in [4.69, 9.17) is 13.3 Å². The van der Waals surface area contributed by atoms with Crippen LogP contribution in [-0.2, 0) is 19.8 Å². The molecule has 0 saturated carbocycles. The molecule has 0 spiro atoms. The first-order chi connectivity index (χ1) is 8.06. The molecule has 0 saturated heterocycles. The number of hydrogen-bond donors (Lipinski definition) is 1. The highest BCUT2D eigenvalue weighted by Gasteiger charge is 2.40. The molecule has 6 nitrogen and oxygen atoms in total. The van der Waals surface area contributed by atoms with E-state index in [1.54, 1.807) is 6.20 Å². The molecule has 0 aromatic carbocycles. The molecular weight excluding hydrogens is 240 g/mol. The van der Waals surface area contributed by atoms with E-state index in [-0.39, 0.29) is 0 Å². The molecule has 0 aliphatic carbocycles. The van der Waals surface area contributed by atoms with Crippen molar-refractivity contribution >= 4 is 8.80 Å². The molecule has 1 aromatic heterocycles. The van der Waals surface area contributed by atoms with E-state index in [9.17, 15) is 5.11 Å². The second-order valence-electron chi connectivity index (χ2n) is 3.78. The van der Waals surface area contributed by atoms with Gasteiger partial charge < -0.3 is 23.0 Å². The lowest BCUT2D eigenvalue weighted by molar-refractivity contribution is 0.0914. The molecule has 1 heterocycles. The Balaban J connectivity index is 2.59.